The summed E-state index contributed by atoms with van der Waals surface area (Å²) in [7, 11) is 1.94. The molecular formula is C19H29NO. The van der Waals surface area contributed by atoms with Gasteiger partial charge >= 0.3 is 0 Å². The predicted octanol–water partition coefficient (Wildman–Crippen LogP) is 5.34. The van der Waals surface area contributed by atoms with Gasteiger partial charge in [-0.25, -0.2) is 0 Å². The van der Waals surface area contributed by atoms with E-state index in [0.29, 0.717) is 6.04 Å². The van der Waals surface area contributed by atoms with Crippen LogP contribution < -0.4 is 0 Å². The van der Waals surface area contributed by atoms with Crippen molar-refractivity contribution in [2.45, 2.75) is 70.8 Å². The topological polar surface area (TPSA) is 20.3 Å². The molecule has 0 fully saturated rings. The highest BCUT2D eigenvalue weighted by atomic mass is 16.2. The Kier molecular flexibility index (Phi) is 6.28. The van der Waals surface area contributed by atoms with Gasteiger partial charge in [-0.15, -0.1) is 0 Å². The van der Waals surface area contributed by atoms with Gasteiger partial charge in [0.25, 0.3) is 5.91 Å². The number of benzene rings is 1. The third-order valence-electron chi connectivity index (χ3n) is 4.67. The van der Waals surface area contributed by atoms with E-state index in [-0.39, 0.29) is 5.91 Å². The van der Waals surface area contributed by atoms with Crippen molar-refractivity contribution in [2.75, 3.05) is 7.05 Å². The number of hydrogen-bond acceptors (Lipinski definition) is 1. The second-order valence-corrected chi connectivity index (χ2v) is 6.28. The molecule has 2 heteroatoms. The van der Waals surface area contributed by atoms with Crippen molar-refractivity contribution < 1.29 is 4.79 Å². The third kappa shape index (κ3) is 4.09. The van der Waals surface area contributed by atoms with Crippen LogP contribution in [-0.2, 0) is 0 Å². The molecule has 1 aliphatic heterocycles. The number of amides is 1. The number of carbonyl (C=O) groups is 1. The fourth-order valence-electron chi connectivity index (χ4n) is 3.34. The van der Waals surface area contributed by atoms with Gasteiger partial charge in [0, 0.05) is 12.6 Å². The van der Waals surface area contributed by atoms with Crippen molar-refractivity contribution in [2.24, 2.45) is 0 Å². The van der Waals surface area contributed by atoms with Crippen LogP contribution in [0.1, 0.15) is 86.7 Å². The summed E-state index contributed by atoms with van der Waals surface area (Å²) in [6, 6.07) is 8.39. The summed E-state index contributed by atoms with van der Waals surface area (Å²) >= 11 is 0. The molecule has 1 aromatic rings. The summed E-state index contributed by atoms with van der Waals surface area (Å²) in [5.41, 5.74) is 2.14. The Bertz CT molecular complexity index is 455. The lowest BCUT2D eigenvalue weighted by molar-refractivity contribution is 0.0766. The molecule has 1 aliphatic rings. The molecule has 1 unspecified atom stereocenters. The summed E-state index contributed by atoms with van der Waals surface area (Å²) < 4.78 is 0. The standard InChI is InChI=1S/C19H29NO/c1-3-4-5-6-7-8-9-10-15-18-16-13-11-12-14-17(16)19(21)20(18)2/h11-14,18H,3-10,15H2,1-2H3. The van der Waals surface area contributed by atoms with E-state index >= 15 is 0 Å². The maximum absolute atomic E-state index is 12.2. The quantitative estimate of drug-likeness (QED) is 0.561. The number of carbonyl (C=O) groups excluding carboxylic acids is 1. The minimum absolute atomic E-state index is 0.190. The average Bonchev–Trinajstić information content (AvgIpc) is 2.75. The van der Waals surface area contributed by atoms with Crippen molar-refractivity contribution in [3.8, 4) is 0 Å². The molecule has 0 radical (unpaired) electrons. The molecule has 21 heavy (non-hydrogen) atoms. The molecule has 0 N–H and O–H groups in total. The number of unbranched alkanes of at least 4 members (excludes halogenated alkanes) is 7. The molecule has 1 heterocycles. The molecule has 0 spiro atoms. The zero-order valence-corrected chi connectivity index (χ0v) is 13.6. The Morgan fingerprint density at radius 1 is 0.952 bits per heavy atom. The highest BCUT2D eigenvalue weighted by Crippen LogP contribution is 2.35. The molecule has 0 saturated heterocycles. The van der Waals surface area contributed by atoms with Crippen LogP contribution in [0.25, 0.3) is 0 Å². The second-order valence-electron chi connectivity index (χ2n) is 6.28. The lowest BCUT2D eigenvalue weighted by atomic mass is 9.99. The van der Waals surface area contributed by atoms with Gasteiger partial charge in [-0.2, -0.15) is 0 Å². The van der Waals surface area contributed by atoms with E-state index in [1.54, 1.807) is 0 Å². The van der Waals surface area contributed by atoms with Crippen LogP contribution >= 0.6 is 0 Å². The first-order valence-corrected chi connectivity index (χ1v) is 8.61. The Hall–Kier alpha value is -1.31. The van der Waals surface area contributed by atoms with Crippen molar-refractivity contribution in [3.05, 3.63) is 35.4 Å². The maximum atomic E-state index is 12.2. The number of rotatable bonds is 9. The minimum atomic E-state index is 0.190. The normalized spacial score (nSPS) is 17.3. The minimum Gasteiger partial charge on any atom is -0.335 e. The van der Waals surface area contributed by atoms with Crippen molar-refractivity contribution >= 4 is 5.91 Å². The molecule has 2 nitrogen and oxygen atoms in total. The maximum Gasteiger partial charge on any atom is 0.254 e. The summed E-state index contributed by atoms with van der Waals surface area (Å²) in [4.78, 5) is 14.1. The lowest BCUT2D eigenvalue weighted by Gasteiger charge is -2.20. The van der Waals surface area contributed by atoms with Crippen LogP contribution in [0.15, 0.2) is 24.3 Å². The first-order valence-electron chi connectivity index (χ1n) is 8.61. The van der Waals surface area contributed by atoms with E-state index < -0.39 is 0 Å². The van der Waals surface area contributed by atoms with Gasteiger partial charge in [-0.05, 0) is 18.1 Å². The monoisotopic (exact) mass is 287 g/mol. The van der Waals surface area contributed by atoms with Gasteiger partial charge in [0.05, 0.1) is 6.04 Å². The largest absolute Gasteiger partial charge is 0.335 e. The fraction of sp³-hybridized carbons (Fsp3) is 0.632. The van der Waals surface area contributed by atoms with Gasteiger partial charge in [0.2, 0.25) is 0 Å². The molecule has 0 bridgehead atoms. The van der Waals surface area contributed by atoms with E-state index in [1.165, 1.54) is 56.9 Å². The van der Waals surface area contributed by atoms with Gasteiger partial charge in [-0.3, -0.25) is 4.79 Å². The summed E-state index contributed by atoms with van der Waals surface area (Å²) in [6.45, 7) is 2.26. The van der Waals surface area contributed by atoms with Crippen LogP contribution in [0.4, 0.5) is 0 Å². The van der Waals surface area contributed by atoms with Crippen LogP contribution in [0.2, 0.25) is 0 Å². The van der Waals surface area contributed by atoms with Crippen LogP contribution in [0, 0.1) is 0 Å². The number of hydrogen-bond donors (Lipinski definition) is 0. The van der Waals surface area contributed by atoms with Gasteiger partial charge in [0.1, 0.15) is 0 Å². The zero-order valence-electron chi connectivity index (χ0n) is 13.6. The van der Waals surface area contributed by atoms with Gasteiger partial charge in [0.15, 0.2) is 0 Å². The molecule has 0 aromatic heterocycles. The van der Waals surface area contributed by atoms with Crippen LogP contribution in [-0.4, -0.2) is 17.9 Å². The Morgan fingerprint density at radius 2 is 1.57 bits per heavy atom. The molecule has 1 atom stereocenters. The molecule has 1 amide bonds. The SMILES string of the molecule is CCCCCCCCCCC1c2ccccc2C(=O)N1C. The second kappa shape index (κ2) is 8.21. The van der Waals surface area contributed by atoms with E-state index in [2.05, 4.69) is 13.0 Å². The van der Waals surface area contributed by atoms with Crippen LogP contribution in [0.5, 0.6) is 0 Å². The Morgan fingerprint density at radius 3 is 2.29 bits per heavy atom. The summed E-state index contributed by atoms with van der Waals surface area (Å²) in [6.07, 6.45) is 11.8. The lowest BCUT2D eigenvalue weighted by Crippen LogP contribution is -2.22. The van der Waals surface area contributed by atoms with E-state index in [1.807, 2.05) is 30.1 Å². The van der Waals surface area contributed by atoms with E-state index in [0.717, 1.165) is 12.0 Å². The molecular weight excluding hydrogens is 258 g/mol. The molecule has 0 aliphatic carbocycles. The zero-order chi connectivity index (χ0) is 15.1. The first-order chi connectivity index (χ1) is 10.3. The smallest absolute Gasteiger partial charge is 0.254 e. The first kappa shape index (κ1) is 16.1. The Balaban J connectivity index is 1.70. The van der Waals surface area contributed by atoms with Crippen molar-refractivity contribution in [1.82, 2.24) is 4.90 Å². The number of nitrogens with zero attached hydrogens (tertiary/aromatic N) is 1. The van der Waals surface area contributed by atoms with Crippen molar-refractivity contribution in [3.63, 3.8) is 0 Å². The van der Waals surface area contributed by atoms with E-state index in [4.69, 9.17) is 0 Å². The highest BCUT2D eigenvalue weighted by Gasteiger charge is 2.32. The molecule has 116 valence electrons. The Labute approximate surface area is 129 Å². The fourth-order valence-corrected chi connectivity index (χ4v) is 3.34. The third-order valence-corrected chi connectivity index (χ3v) is 4.67. The average molecular weight is 287 g/mol. The predicted molar refractivity (Wildman–Crippen MR) is 88.5 cm³/mol. The number of fused-ring (bicyclic) bond motifs is 1. The van der Waals surface area contributed by atoms with Gasteiger partial charge in [-0.1, -0.05) is 76.5 Å². The van der Waals surface area contributed by atoms with E-state index in [9.17, 15) is 4.79 Å². The van der Waals surface area contributed by atoms with Crippen molar-refractivity contribution in [1.29, 1.82) is 0 Å². The highest BCUT2D eigenvalue weighted by molar-refractivity contribution is 5.98. The van der Waals surface area contributed by atoms with Gasteiger partial charge < -0.3 is 4.90 Å². The summed E-state index contributed by atoms with van der Waals surface area (Å²) in [5.74, 6) is 0.190. The summed E-state index contributed by atoms with van der Waals surface area (Å²) in [5, 5.41) is 0. The molecule has 1 aromatic carbocycles. The van der Waals surface area contributed by atoms with Crippen LogP contribution in [0.3, 0.4) is 0 Å². The molecule has 0 saturated carbocycles. The molecule has 2 rings (SSSR count).